The second-order valence-electron chi connectivity index (χ2n) is 6.26. The van der Waals surface area contributed by atoms with E-state index in [0.717, 1.165) is 40.1 Å². The quantitative estimate of drug-likeness (QED) is 0.510. The van der Waals surface area contributed by atoms with Crippen molar-refractivity contribution in [1.82, 2.24) is 15.0 Å². The maximum Gasteiger partial charge on any atom is 0.260 e. The molecule has 136 valence electrons. The van der Waals surface area contributed by atoms with Gasteiger partial charge in [0.15, 0.2) is 10.3 Å². The van der Waals surface area contributed by atoms with Crippen LogP contribution in [0.3, 0.4) is 0 Å². The summed E-state index contributed by atoms with van der Waals surface area (Å²) in [7, 11) is 0. The number of H-pyrrole nitrogens is 1. The van der Waals surface area contributed by atoms with E-state index in [1.807, 2.05) is 13.8 Å². The molecule has 0 saturated heterocycles. The molecule has 4 rings (SSSR count). The van der Waals surface area contributed by atoms with Crippen molar-refractivity contribution in [2.45, 2.75) is 44.7 Å². The molecule has 0 saturated carbocycles. The fraction of sp³-hybridized carbons (Fsp3) is 0.412. The molecule has 1 amide bonds. The summed E-state index contributed by atoms with van der Waals surface area (Å²) >= 11 is 4.31. The monoisotopic (exact) mass is 406 g/mol. The van der Waals surface area contributed by atoms with Crippen molar-refractivity contribution >= 4 is 55.7 Å². The Balaban J connectivity index is 1.49. The molecular formula is C17H18N4O2S3. The van der Waals surface area contributed by atoms with Gasteiger partial charge < -0.3 is 10.3 Å². The Morgan fingerprint density at radius 1 is 1.23 bits per heavy atom. The Morgan fingerprint density at radius 2 is 2.04 bits per heavy atom. The average molecular weight is 407 g/mol. The van der Waals surface area contributed by atoms with Crippen LogP contribution in [0.1, 0.15) is 33.9 Å². The number of nitrogens with zero attached hydrogens (tertiary/aromatic N) is 2. The van der Waals surface area contributed by atoms with Crippen LogP contribution in [-0.2, 0) is 17.6 Å². The third kappa shape index (κ3) is 3.43. The number of thiophene rings is 1. The van der Waals surface area contributed by atoms with Gasteiger partial charge in [-0.25, -0.2) is 9.97 Å². The van der Waals surface area contributed by atoms with Crippen LogP contribution < -0.4 is 10.9 Å². The molecule has 0 bridgehead atoms. The van der Waals surface area contributed by atoms with Crippen LogP contribution in [-0.4, -0.2) is 26.6 Å². The number of fused-ring (bicyclic) bond motifs is 3. The number of aryl methyl sites for hydroxylation is 4. The SMILES string of the molecule is Cc1nc(NC(=O)CSc2nc3sc4c(c3c(=O)[nH]2)CCCC4)sc1C. The van der Waals surface area contributed by atoms with Gasteiger partial charge in [0, 0.05) is 9.75 Å². The highest BCUT2D eigenvalue weighted by Gasteiger charge is 2.20. The van der Waals surface area contributed by atoms with Crippen molar-refractivity contribution in [2.75, 3.05) is 11.1 Å². The third-order valence-electron chi connectivity index (χ3n) is 4.42. The number of thioether (sulfide) groups is 1. The lowest BCUT2D eigenvalue weighted by Gasteiger charge is -2.09. The minimum absolute atomic E-state index is 0.0940. The minimum Gasteiger partial charge on any atom is -0.301 e. The highest BCUT2D eigenvalue weighted by atomic mass is 32.2. The van der Waals surface area contributed by atoms with E-state index in [0.29, 0.717) is 10.3 Å². The molecule has 1 aliphatic rings. The van der Waals surface area contributed by atoms with Gasteiger partial charge in [-0.2, -0.15) is 0 Å². The zero-order valence-electron chi connectivity index (χ0n) is 14.5. The number of hydrogen-bond acceptors (Lipinski definition) is 7. The van der Waals surface area contributed by atoms with Crippen molar-refractivity contribution in [2.24, 2.45) is 0 Å². The lowest BCUT2D eigenvalue weighted by atomic mass is 9.97. The number of hydrogen-bond donors (Lipinski definition) is 2. The molecule has 0 radical (unpaired) electrons. The highest BCUT2D eigenvalue weighted by molar-refractivity contribution is 7.99. The Morgan fingerprint density at radius 3 is 2.81 bits per heavy atom. The van der Waals surface area contributed by atoms with Crippen LogP contribution in [0.2, 0.25) is 0 Å². The number of anilines is 1. The summed E-state index contributed by atoms with van der Waals surface area (Å²) in [5.41, 5.74) is 2.01. The summed E-state index contributed by atoms with van der Waals surface area (Å²) in [5, 5.41) is 4.63. The van der Waals surface area contributed by atoms with E-state index in [4.69, 9.17) is 0 Å². The number of aromatic amines is 1. The topological polar surface area (TPSA) is 87.7 Å². The van der Waals surface area contributed by atoms with Crippen LogP contribution in [0.25, 0.3) is 10.2 Å². The van der Waals surface area contributed by atoms with Crippen molar-refractivity contribution in [3.05, 3.63) is 31.4 Å². The maximum absolute atomic E-state index is 12.5. The normalized spacial score (nSPS) is 13.8. The van der Waals surface area contributed by atoms with E-state index < -0.39 is 0 Å². The van der Waals surface area contributed by atoms with Crippen LogP contribution in [0.5, 0.6) is 0 Å². The fourth-order valence-electron chi connectivity index (χ4n) is 3.03. The molecule has 3 aromatic heterocycles. The largest absolute Gasteiger partial charge is 0.301 e. The molecule has 0 spiro atoms. The molecule has 3 aromatic rings. The number of aromatic nitrogens is 3. The molecule has 0 aromatic carbocycles. The maximum atomic E-state index is 12.5. The Labute approximate surface area is 162 Å². The van der Waals surface area contributed by atoms with Crippen LogP contribution in [0, 0.1) is 13.8 Å². The Bertz CT molecular complexity index is 1030. The van der Waals surface area contributed by atoms with Gasteiger partial charge in [0.25, 0.3) is 5.56 Å². The summed E-state index contributed by atoms with van der Waals surface area (Å²) in [6.07, 6.45) is 4.30. The molecule has 0 unspecified atom stereocenters. The second kappa shape index (κ2) is 7.13. The van der Waals surface area contributed by atoms with E-state index in [1.165, 1.54) is 40.0 Å². The first-order chi connectivity index (χ1) is 12.5. The van der Waals surface area contributed by atoms with E-state index >= 15 is 0 Å². The van der Waals surface area contributed by atoms with Gasteiger partial charge in [0.2, 0.25) is 5.91 Å². The van der Waals surface area contributed by atoms with Crippen molar-refractivity contribution in [3.8, 4) is 0 Å². The molecule has 2 N–H and O–H groups in total. The van der Waals surface area contributed by atoms with E-state index in [-0.39, 0.29) is 17.2 Å². The van der Waals surface area contributed by atoms with Crippen molar-refractivity contribution in [1.29, 1.82) is 0 Å². The molecule has 6 nitrogen and oxygen atoms in total. The standard InChI is InChI=1S/C17H18N4O2S3/c1-8-9(2)25-17(18-8)19-12(22)7-24-16-20-14(23)13-10-5-3-4-6-11(10)26-15(13)21-16/h3-7H2,1-2H3,(H,18,19,22)(H,20,21,23). The summed E-state index contributed by atoms with van der Waals surface area (Å²) in [6.45, 7) is 3.89. The van der Waals surface area contributed by atoms with Gasteiger partial charge in [-0.3, -0.25) is 9.59 Å². The predicted octanol–water partition coefficient (Wildman–Crippen LogP) is 3.67. The van der Waals surface area contributed by atoms with Crippen molar-refractivity contribution < 1.29 is 4.79 Å². The minimum atomic E-state index is -0.156. The summed E-state index contributed by atoms with van der Waals surface area (Å²) in [6, 6.07) is 0. The zero-order valence-corrected chi connectivity index (χ0v) is 16.9. The molecule has 3 heterocycles. The van der Waals surface area contributed by atoms with Gasteiger partial charge in [-0.15, -0.1) is 22.7 Å². The van der Waals surface area contributed by atoms with E-state index in [1.54, 1.807) is 11.3 Å². The smallest absolute Gasteiger partial charge is 0.260 e. The van der Waals surface area contributed by atoms with Gasteiger partial charge in [0.1, 0.15) is 4.83 Å². The highest BCUT2D eigenvalue weighted by Crippen LogP contribution is 2.34. The third-order valence-corrected chi connectivity index (χ3v) is 7.47. The van der Waals surface area contributed by atoms with Crippen molar-refractivity contribution in [3.63, 3.8) is 0 Å². The van der Waals surface area contributed by atoms with Gasteiger partial charge in [0.05, 0.1) is 16.8 Å². The Hall–Kier alpha value is -1.71. The number of thiazole rings is 1. The molecule has 9 heteroatoms. The number of carbonyl (C=O) groups is 1. The zero-order chi connectivity index (χ0) is 18.3. The molecule has 0 fully saturated rings. The van der Waals surface area contributed by atoms with Gasteiger partial charge in [-0.1, -0.05) is 11.8 Å². The lowest BCUT2D eigenvalue weighted by Crippen LogP contribution is -2.15. The summed E-state index contributed by atoms with van der Waals surface area (Å²) in [4.78, 5) is 39.5. The number of nitrogens with one attached hydrogen (secondary N) is 2. The first-order valence-corrected chi connectivity index (χ1v) is 11.0. The predicted molar refractivity (Wildman–Crippen MR) is 108 cm³/mol. The van der Waals surface area contributed by atoms with Crippen LogP contribution in [0.15, 0.2) is 9.95 Å². The van der Waals surface area contributed by atoms with Gasteiger partial charge in [-0.05, 0) is 45.1 Å². The average Bonchev–Trinajstić information content (AvgIpc) is 3.12. The van der Waals surface area contributed by atoms with E-state index in [9.17, 15) is 9.59 Å². The first kappa shape index (κ1) is 17.7. The molecular weight excluding hydrogens is 388 g/mol. The molecule has 0 atom stereocenters. The molecule has 26 heavy (non-hydrogen) atoms. The Kier molecular flexibility index (Phi) is 4.85. The number of rotatable bonds is 4. The van der Waals surface area contributed by atoms with Crippen LogP contribution >= 0.6 is 34.4 Å². The lowest BCUT2D eigenvalue weighted by molar-refractivity contribution is -0.113. The fourth-order valence-corrected chi connectivity index (χ4v) is 5.84. The second-order valence-corrected chi connectivity index (χ2v) is 9.51. The van der Waals surface area contributed by atoms with Crippen LogP contribution in [0.4, 0.5) is 5.13 Å². The molecule has 0 aliphatic heterocycles. The summed E-state index contributed by atoms with van der Waals surface area (Å²) in [5.74, 6) is 0.0222. The number of carbonyl (C=O) groups excluding carboxylic acids is 1. The van der Waals surface area contributed by atoms with E-state index in [2.05, 4.69) is 20.3 Å². The number of amides is 1. The molecule has 1 aliphatic carbocycles. The summed E-state index contributed by atoms with van der Waals surface area (Å²) < 4.78 is 0. The van der Waals surface area contributed by atoms with Gasteiger partial charge >= 0.3 is 0 Å². The first-order valence-electron chi connectivity index (χ1n) is 8.42.